The van der Waals surface area contributed by atoms with Gasteiger partial charge in [0.1, 0.15) is 11.5 Å². The summed E-state index contributed by atoms with van der Waals surface area (Å²) in [6, 6.07) is 13.0. The third kappa shape index (κ3) is 4.59. The number of carbonyl (C=O) groups is 1. The molecule has 1 fully saturated rings. The predicted molar refractivity (Wildman–Crippen MR) is 129 cm³/mol. The first-order valence-corrected chi connectivity index (χ1v) is 11.4. The number of halogens is 4. The van der Waals surface area contributed by atoms with Crippen LogP contribution >= 0.6 is 35.6 Å². The zero-order valence-corrected chi connectivity index (χ0v) is 19.6. The van der Waals surface area contributed by atoms with Gasteiger partial charge in [-0.25, -0.2) is 0 Å². The molecule has 2 aromatic heterocycles. The van der Waals surface area contributed by atoms with Gasteiger partial charge in [0.05, 0.1) is 21.2 Å². The van der Waals surface area contributed by atoms with E-state index in [9.17, 15) is 18.0 Å². The molecule has 35 heavy (non-hydrogen) atoms. The van der Waals surface area contributed by atoms with Gasteiger partial charge in [-0.3, -0.25) is 9.69 Å². The van der Waals surface area contributed by atoms with Gasteiger partial charge in [-0.2, -0.15) is 18.4 Å². The zero-order valence-electron chi connectivity index (χ0n) is 17.2. The number of amides is 1. The van der Waals surface area contributed by atoms with Crippen molar-refractivity contribution in [2.75, 3.05) is 4.90 Å². The maximum Gasteiger partial charge on any atom is 0.416 e. The number of anilines is 1. The number of tetrazole rings is 1. The summed E-state index contributed by atoms with van der Waals surface area (Å²) >= 11 is 12.5. The topological polar surface area (TPSA) is 87.9 Å². The van der Waals surface area contributed by atoms with Crippen LogP contribution in [0.1, 0.15) is 11.3 Å². The Morgan fingerprint density at radius 3 is 2.71 bits per heavy atom. The molecule has 4 aromatic rings. The Balaban J connectivity index is 1.42. The average Bonchev–Trinajstić information content (AvgIpc) is 3.56. The van der Waals surface area contributed by atoms with E-state index >= 15 is 0 Å². The number of thioether (sulfide) groups is 1. The van der Waals surface area contributed by atoms with Crippen molar-refractivity contribution in [2.24, 2.45) is 0 Å². The first-order chi connectivity index (χ1) is 16.7. The Morgan fingerprint density at radius 2 is 1.97 bits per heavy atom. The van der Waals surface area contributed by atoms with E-state index in [1.807, 2.05) is 0 Å². The minimum Gasteiger partial charge on any atom is -0.457 e. The second-order valence-corrected chi connectivity index (χ2v) is 9.28. The summed E-state index contributed by atoms with van der Waals surface area (Å²) in [5.41, 5.74) is 0.413. The molecule has 3 heterocycles. The van der Waals surface area contributed by atoms with E-state index in [0.717, 1.165) is 28.8 Å². The van der Waals surface area contributed by atoms with Crippen molar-refractivity contribution in [1.29, 1.82) is 0 Å². The first-order valence-electron chi connectivity index (χ1n) is 9.79. The van der Waals surface area contributed by atoms with Crippen molar-refractivity contribution < 1.29 is 22.4 Å². The van der Waals surface area contributed by atoms with Gasteiger partial charge in [-0.1, -0.05) is 41.6 Å². The highest BCUT2D eigenvalue weighted by molar-refractivity contribution is 8.27. The quantitative estimate of drug-likeness (QED) is 0.247. The number of alkyl halides is 3. The van der Waals surface area contributed by atoms with Crippen LogP contribution in [-0.2, 0) is 11.0 Å². The molecule has 0 unspecified atom stereocenters. The number of hydrogen-bond acceptors (Lipinski definition) is 7. The third-order valence-electron chi connectivity index (χ3n) is 4.96. The lowest BCUT2D eigenvalue weighted by Gasteiger charge is -2.16. The molecule has 0 radical (unpaired) electrons. The highest BCUT2D eigenvalue weighted by Crippen LogP contribution is 2.39. The molecule has 176 valence electrons. The van der Waals surface area contributed by atoms with Gasteiger partial charge in [-0.15, -0.1) is 10.2 Å². The van der Waals surface area contributed by atoms with E-state index in [-0.39, 0.29) is 14.9 Å². The molecule has 1 aliphatic rings. The van der Waals surface area contributed by atoms with Crippen LogP contribution in [-0.4, -0.2) is 30.9 Å². The summed E-state index contributed by atoms with van der Waals surface area (Å²) in [5, 5.41) is 14.2. The number of aromatic amines is 1. The Hall–Kier alpha value is -3.48. The number of aromatic nitrogens is 4. The lowest BCUT2D eigenvalue weighted by atomic mass is 10.1. The first kappa shape index (κ1) is 23.3. The molecule has 13 heteroatoms. The molecule has 0 saturated carbocycles. The van der Waals surface area contributed by atoms with E-state index < -0.39 is 17.6 Å². The summed E-state index contributed by atoms with van der Waals surface area (Å²) in [5.74, 6) is 0.636. The molecule has 1 aliphatic heterocycles. The molecular weight excluding hydrogens is 523 g/mol. The van der Waals surface area contributed by atoms with Crippen LogP contribution in [0.25, 0.3) is 28.8 Å². The van der Waals surface area contributed by atoms with Crippen LogP contribution in [0.3, 0.4) is 0 Å². The number of nitrogens with zero attached hydrogens (tertiary/aromatic N) is 4. The fraction of sp³-hybridized carbons (Fsp3) is 0.0455. The maximum atomic E-state index is 13.1. The van der Waals surface area contributed by atoms with Gasteiger partial charge in [0.15, 0.2) is 4.32 Å². The lowest BCUT2D eigenvalue weighted by Crippen LogP contribution is -2.27. The van der Waals surface area contributed by atoms with Crippen LogP contribution in [0.2, 0.25) is 5.02 Å². The normalized spacial score (nSPS) is 15.4. The Kier molecular flexibility index (Phi) is 5.95. The summed E-state index contributed by atoms with van der Waals surface area (Å²) in [6.45, 7) is 0. The number of hydrogen-bond donors (Lipinski definition) is 1. The van der Waals surface area contributed by atoms with Crippen LogP contribution in [0.5, 0.6) is 0 Å². The summed E-state index contributed by atoms with van der Waals surface area (Å²) in [7, 11) is 0. The Bertz CT molecular complexity index is 1480. The van der Waals surface area contributed by atoms with Crippen molar-refractivity contribution in [1.82, 2.24) is 20.6 Å². The van der Waals surface area contributed by atoms with Crippen LogP contribution in [0.15, 0.2) is 63.9 Å². The number of rotatable bonds is 4. The summed E-state index contributed by atoms with van der Waals surface area (Å²) in [4.78, 5) is 14.3. The fourth-order valence-corrected chi connectivity index (χ4v) is 4.83. The smallest absolute Gasteiger partial charge is 0.416 e. The SMILES string of the molecule is O=C1/C(=C/c2ccc(-c3ccc(Cl)c(-c4nn[nH]n4)c3)o2)SC(=S)N1c1cccc(C(F)(F)F)c1. The van der Waals surface area contributed by atoms with Crippen molar-refractivity contribution in [3.05, 3.63) is 75.8 Å². The zero-order chi connectivity index (χ0) is 24.7. The van der Waals surface area contributed by atoms with E-state index in [0.29, 0.717) is 33.5 Å². The number of nitrogens with one attached hydrogen (secondary N) is 1. The van der Waals surface area contributed by atoms with Gasteiger partial charge >= 0.3 is 6.18 Å². The third-order valence-corrected chi connectivity index (χ3v) is 6.59. The molecule has 0 aliphatic carbocycles. The lowest BCUT2D eigenvalue weighted by molar-refractivity contribution is -0.137. The van der Waals surface area contributed by atoms with Gasteiger partial charge < -0.3 is 4.42 Å². The number of thiocarbonyl (C=S) groups is 1. The number of furan rings is 1. The van der Waals surface area contributed by atoms with E-state index in [2.05, 4.69) is 20.6 Å². The molecule has 0 bridgehead atoms. The summed E-state index contributed by atoms with van der Waals surface area (Å²) in [6.07, 6.45) is -3.05. The van der Waals surface area contributed by atoms with Gasteiger partial charge in [0.25, 0.3) is 5.91 Å². The molecule has 1 amide bonds. The van der Waals surface area contributed by atoms with Crippen LogP contribution < -0.4 is 4.90 Å². The van der Waals surface area contributed by atoms with Crippen molar-refractivity contribution >= 4 is 57.6 Å². The maximum absolute atomic E-state index is 13.1. The largest absolute Gasteiger partial charge is 0.457 e. The second-order valence-electron chi connectivity index (χ2n) is 7.20. The minimum absolute atomic E-state index is 0.0426. The van der Waals surface area contributed by atoms with Crippen molar-refractivity contribution in [2.45, 2.75) is 6.18 Å². The van der Waals surface area contributed by atoms with E-state index in [1.54, 1.807) is 30.3 Å². The molecule has 1 N–H and O–H groups in total. The van der Waals surface area contributed by atoms with Gasteiger partial charge in [-0.05, 0) is 53.7 Å². The highest BCUT2D eigenvalue weighted by atomic mass is 35.5. The standard InChI is InChI=1S/C22H11ClF3N5O2S2/c23-16-6-4-11(8-15(16)19-27-29-30-28-19)17-7-5-14(33-17)10-18-20(32)31(21(34)35-18)13-3-1-2-12(9-13)22(24,25)26/h1-10H,(H,27,28,29,30)/b18-10-. The fourth-order valence-electron chi connectivity index (χ4n) is 3.35. The molecule has 7 nitrogen and oxygen atoms in total. The Labute approximate surface area is 210 Å². The molecule has 2 aromatic carbocycles. The molecule has 0 spiro atoms. The number of carbonyl (C=O) groups excluding carboxylic acids is 1. The average molecular weight is 534 g/mol. The monoisotopic (exact) mass is 533 g/mol. The van der Waals surface area contributed by atoms with E-state index in [4.69, 9.17) is 28.2 Å². The molecule has 1 saturated heterocycles. The van der Waals surface area contributed by atoms with E-state index in [1.165, 1.54) is 18.2 Å². The summed E-state index contributed by atoms with van der Waals surface area (Å²) < 4.78 is 45.3. The molecular formula is C22H11ClF3N5O2S2. The van der Waals surface area contributed by atoms with Gasteiger partial charge in [0, 0.05) is 17.2 Å². The van der Waals surface area contributed by atoms with Gasteiger partial charge in [0.2, 0.25) is 5.82 Å². The Morgan fingerprint density at radius 1 is 1.14 bits per heavy atom. The number of benzene rings is 2. The van der Waals surface area contributed by atoms with Crippen molar-refractivity contribution in [3.63, 3.8) is 0 Å². The molecule has 5 rings (SSSR count). The number of H-pyrrole nitrogens is 1. The minimum atomic E-state index is -4.54. The predicted octanol–water partition coefficient (Wildman–Crippen LogP) is 6.20. The van der Waals surface area contributed by atoms with Crippen LogP contribution in [0.4, 0.5) is 18.9 Å². The highest BCUT2D eigenvalue weighted by Gasteiger charge is 2.36. The van der Waals surface area contributed by atoms with Crippen molar-refractivity contribution in [3.8, 4) is 22.7 Å². The molecule has 0 atom stereocenters. The van der Waals surface area contributed by atoms with Crippen LogP contribution in [0, 0.1) is 0 Å². The second kappa shape index (κ2) is 8.95.